The number of thiophene rings is 1. The Labute approximate surface area is 115 Å². The van der Waals surface area contributed by atoms with Crippen molar-refractivity contribution in [2.45, 2.75) is 26.2 Å². The van der Waals surface area contributed by atoms with Crippen LogP contribution in [0.5, 0.6) is 0 Å². The first-order chi connectivity index (χ1) is 8.61. The van der Waals surface area contributed by atoms with Crippen LogP contribution in [-0.2, 0) is 20.7 Å². The van der Waals surface area contributed by atoms with Gasteiger partial charge in [0, 0.05) is 17.8 Å². The van der Waals surface area contributed by atoms with Crippen LogP contribution < -0.4 is 5.32 Å². The second-order valence-corrected chi connectivity index (χ2v) is 5.41. The quantitative estimate of drug-likeness (QED) is 0.784. The summed E-state index contributed by atoms with van der Waals surface area (Å²) in [6, 6.07) is 3.78. The molecule has 1 aromatic rings. The molecule has 0 aliphatic carbocycles. The Morgan fingerprint density at radius 1 is 1.39 bits per heavy atom. The molecule has 1 heterocycles. The van der Waals surface area contributed by atoms with Crippen LogP contribution in [0.1, 0.15) is 24.6 Å². The maximum absolute atomic E-state index is 11.4. The van der Waals surface area contributed by atoms with E-state index < -0.39 is 0 Å². The van der Waals surface area contributed by atoms with Gasteiger partial charge in [-0.25, -0.2) is 0 Å². The summed E-state index contributed by atoms with van der Waals surface area (Å²) in [6.07, 6.45) is 1.05. The van der Waals surface area contributed by atoms with Crippen molar-refractivity contribution in [3.8, 4) is 0 Å². The number of esters is 1. The van der Waals surface area contributed by atoms with Gasteiger partial charge in [-0.3, -0.25) is 9.59 Å². The molecule has 1 rings (SSSR count). The number of carbonyl (C=O) groups excluding carboxylic acids is 2. The minimum atomic E-state index is -0.335. The van der Waals surface area contributed by atoms with Gasteiger partial charge in [0.2, 0.25) is 5.91 Å². The Kier molecular flexibility index (Phi) is 6.75. The van der Waals surface area contributed by atoms with Crippen LogP contribution in [-0.4, -0.2) is 25.0 Å². The Hall–Kier alpha value is -1.07. The van der Waals surface area contributed by atoms with E-state index in [0.29, 0.717) is 13.2 Å². The molecule has 0 fully saturated rings. The summed E-state index contributed by atoms with van der Waals surface area (Å²) < 4.78 is 5.49. The summed E-state index contributed by atoms with van der Waals surface area (Å²) >= 11 is 7.30. The van der Waals surface area contributed by atoms with E-state index in [1.165, 1.54) is 11.3 Å². The lowest BCUT2D eigenvalue weighted by atomic mass is 10.3. The smallest absolute Gasteiger partial charge is 0.306 e. The third-order valence-electron chi connectivity index (χ3n) is 2.18. The van der Waals surface area contributed by atoms with Crippen LogP contribution in [0.2, 0.25) is 4.34 Å². The first-order valence-corrected chi connectivity index (χ1v) is 6.97. The average Bonchev–Trinajstić information content (AvgIpc) is 2.73. The Bertz CT molecular complexity index is 406. The molecule has 0 aliphatic rings. The van der Waals surface area contributed by atoms with Crippen LogP contribution in [0.15, 0.2) is 12.1 Å². The molecule has 0 radical (unpaired) electrons. The summed E-state index contributed by atoms with van der Waals surface area (Å²) in [5.74, 6) is -0.469. The van der Waals surface area contributed by atoms with E-state index in [1.807, 2.05) is 12.1 Å². The monoisotopic (exact) mass is 289 g/mol. The number of nitrogens with one attached hydrogen (secondary N) is 1. The van der Waals surface area contributed by atoms with Crippen molar-refractivity contribution in [1.29, 1.82) is 0 Å². The zero-order chi connectivity index (χ0) is 13.4. The van der Waals surface area contributed by atoms with E-state index >= 15 is 0 Å². The fourth-order valence-corrected chi connectivity index (χ4v) is 2.44. The van der Waals surface area contributed by atoms with Gasteiger partial charge in [0.05, 0.1) is 17.4 Å². The molecule has 1 aromatic heterocycles. The van der Waals surface area contributed by atoms with E-state index in [9.17, 15) is 9.59 Å². The lowest BCUT2D eigenvalue weighted by molar-refractivity contribution is -0.144. The SMILES string of the molecule is CCOC(=O)CCC(=O)NCCc1ccc(Cl)s1. The van der Waals surface area contributed by atoms with Crippen LogP contribution in [0.25, 0.3) is 0 Å². The lowest BCUT2D eigenvalue weighted by Crippen LogP contribution is -2.26. The van der Waals surface area contributed by atoms with Crippen molar-refractivity contribution in [1.82, 2.24) is 5.32 Å². The van der Waals surface area contributed by atoms with Gasteiger partial charge in [0.1, 0.15) is 0 Å². The maximum Gasteiger partial charge on any atom is 0.306 e. The van der Waals surface area contributed by atoms with Gasteiger partial charge in [-0.15, -0.1) is 11.3 Å². The second-order valence-electron chi connectivity index (χ2n) is 3.61. The van der Waals surface area contributed by atoms with Crippen molar-refractivity contribution in [2.24, 2.45) is 0 Å². The molecule has 0 spiro atoms. The van der Waals surface area contributed by atoms with Crippen molar-refractivity contribution in [3.05, 3.63) is 21.3 Å². The number of rotatable bonds is 7. The van der Waals surface area contributed by atoms with E-state index in [0.717, 1.165) is 15.6 Å². The van der Waals surface area contributed by atoms with Crippen LogP contribution in [0, 0.1) is 0 Å². The first kappa shape index (κ1) is 15.0. The Morgan fingerprint density at radius 2 is 2.17 bits per heavy atom. The lowest BCUT2D eigenvalue weighted by Gasteiger charge is -2.04. The number of carbonyl (C=O) groups is 2. The largest absolute Gasteiger partial charge is 0.466 e. The summed E-state index contributed by atoms with van der Waals surface area (Å²) in [7, 11) is 0. The second kappa shape index (κ2) is 8.11. The molecular weight excluding hydrogens is 274 g/mol. The van der Waals surface area contributed by atoms with Gasteiger partial charge in [-0.2, -0.15) is 0 Å². The summed E-state index contributed by atoms with van der Waals surface area (Å²) in [5, 5.41) is 2.75. The molecule has 18 heavy (non-hydrogen) atoms. The third kappa shape index (κ3) is 6.02. The van der Waals surface area contributed by atoms with Gasteiger partial charge < -0.3 is 10.1 Å². The van der Waals surface area contributed by atoms with Gasteiger partial charge in [-0.1, -0.05) is 11.6 Å². The molecule has 0 saturated carbocycles. The highest BCUT2D eigenvalue weighted by atomic mass is 35.5. The minimum Gasteiger partial charge on any atom is -0.466 e. The third-order valence-corrected chi connectivity index (χ3v) is 3.47. The molecule has 0 saturated heterocycles. The van der Waals surface area contributed by atoms with Crippen LogP contribution >= 0.6 is 22.9 Å². The highest BCUT2D eigenvalue weighted by Gasteiger charge is 2.07. The van der Waals surface area contributed by atoms with Crippen molar-refractivity contribution in [3.63, 3.8) is 0 Å². The molecule has 4 nitrogen and oxygen atoms in total. The van der Waals surface area contributed by atoms with E-state index in [1.54, 1.807) is 6.92 Å². The van der Waals surface area contributed by atoms with Crippen molar-refractivity contribution in [2.75, 3.05) is 13.2 Å². The van der Waals surface area contributed by atoms with Gasteiger partial charge in [0.25, 0.3) is 0 Å². The molecule has 0 aromatic carbocycles. The maximum atomic E-state index is 11.4. The van der Waals surface area contributed by atoms with Gasteiger partial charge >= 0.3 is 5.97 Å². The molecule has 100 valence electrons. The van der Waals surface area contributed by atoms with Gasteiger partial charge in [-0.05, 0) is 25.5 Å². The predicted octanol–water partition coefficient (Wildman–Crippen LogP) is 2.40. The normalized spacial score (nSPS) is 10.1. The summed E-state index contributed by atoms with van der Waals surface area (Å²) in [4.78, 5) is 23.6. The molecule has 0 atom stereocenters. The molecular formula is C12H16ClNO3S. The molecule has 1 amide bonds. The zero-order valence-electron chi connectivity index (χ0n) is 10.2. The predicted molar refractivity (Wildman–Crippen MR) is 71.9 cm³/mol. The van der Waals surface area contributed by atoms with Crippen molar-refractivity contribution < 1.29 is 14.3 Å². The van der Waals surface area contributed by atoms with Crippen LogP contribution in [0.4, 0.5) is 0 Å². The Balaban J connectivity index is 2.12. The number of amides is 1. The number of hydrogen-bond donors (Lipinski definition) is 1. The summed E-state index contributed by atoms with van der Waals surface area (Å²) in [6.45, 7) is 2.64. The molecule has 1 N–H and O–H groups in total. The fraction of sp³-hybridized carbons (Fsp3) is 0.500. The van der Waals surface area contributed by atoms with Crippen molar-refractivity contribution >= 4 is 34.8 Å². The highest BCUT2D eigenvalue weighted by molar-refractivity contribution is 7.16. The molecule has 0 bridgehead atoms. The minimum absolute atomic E-state index is 0.129. The number of ether oxygens (including phenoxy) is 1. The topological polar surface area (TPSA) is 55.4 Å². The number of hydrogen-bond acceptors (Lipinski definition) is 4. The number of halogens is 1. The average molecular weight is 290 g/mol. The Morgan fingerprint density at radius 3 is 2.78 bits per heavy atom. The zero-order valence-corrected chi connectivity index (χ0v) is 11.8. The standard InChI is InChI=1S/C12H16ClNO3S/c1-2-17-12(16)6-5-11(15)14-8-7-9-3-4-10(13)18-9/h3-4H,2,5-8H2,1H3,(H,14,15). The molecule has 0 aliphatic heterocycles. The van der Waals surface area contributed by atoms with E-state index in [2.05, 4.69) is 5.32 Å². The van der Waals surface area contributed by atoms with Gasteiger partial charge in [0.15, 0.2) is 0 Å². The van der Waals surface area contributed by atoms with E-state index in [-0.39, 0.29) is 24.7 Å². The highest BCUT2D eigenvalue weighted by Crippen LogP contribution is 2.21. The molecule has 0 unspecified atom stereocenters. The van der Waals surface area contributed by atoms with E-state index in [4.69, 9.17) is 16.3 Å². The first-order valence-electron chi connectivity index (χ1n) is 5.78. The fourth-order valence-electron chi connectivity index (χ4n) is 1.35. The summed E-state index contributed by atoms with van der Waals surface area (Å²) in [5.41, 5.74) is 0. The molecule has 6 heteroatoms. The van der Waals surface area contributed by atoms with Crippen LogP contribution in [0.3, 0.4) is 0 Å².